The van der Waals surface area contributed by atoms with Crippen LogP contribution in [-0.4, -0.2) is 9.55 Å². The second-order valence-electron chi connectivity index (χ2n) is 3.59. The highest BCUT2D eigenvalue weighted by Gasteiger charge is 2.06. The summed E-state index contributed by atoms with van der Waals surface area (Å²) in [4.78, 5) is 4.33. The number of halogens is 1. The number of hydrogen-bond acceptors (Lipinski definition) is 1. The molecule has 0 N–H and O–H groups in total. The lowest BCUT2D eigenvalue weighted by atomic mass is 10.2. The summed E-state index contributed by atoms with van der Waals surface area (Å²) in [6.45, 7) is 4.66. The van der Waals surface area contributed by atoms with Crippen LogP contribution >= 0.6 is 22.6 Å². The fourth-order valence-electron chi connectivity index (χ4n) is 1.64. The molecule has 0 saturated carbocycles. The highest BCUT2D eigenvalue weighted by molar-refractivity contribution is 14.1. The zero-order valence-corrected chi connectivity index (χ0v) is 11.1. The number of allylic oxidation sites excluding steroid dienone is 1. The minimum Gasteiger partial charge on any atom is -0.329 e. The van der Waals surface area contributed by atoms with Gasteiger partial charge in [-0.2, -0.15) is 0 Å². The Balaban J connectivity index is 2.24. The van der Waals surface area contributed by atoms with E-state index in [0.29, 0.717) is 0 Å². The number of aromatic nitrogens is 2. The first kappa shape index (κ1) is 11.4. The maximum atomic E-state index is 4.33. The van der Waals surface area contributed by atoms with Crippen molar-refractivity contribution in [1.82, 2.24) is 9.55 Å². The van der Waals surface area contributed by atoms with Gasteiger partial charge in [-0.25, -0.2) is 4.98 Å². The van der Waals surface area contributed by atoms with E-state index in [2.05, 4.69) is 63.0 Å². The zero-order valence-electron chi connectivity index (χ0n) is 8.94. The van der Waals surface area contributed by atoms with E-state index in [-0.39, 0.29) is 0 Å². The monoisotopic (exact) mass is 324 g/mol. The smallest absolute Gasteiger partial charge is 0.122 e. The summed E-state index contributed by atoms with van der Waals surface area (Å²) in [6, 6.07) is 10.4. The summed E-state index contributed by atoms with van der Waals surface area (Å²) < 4.78 is 3.24. The minimum atomic E-state index is 0.866. The molecule has 2 rings (SSSR count). The van der Waals surface area contributed by atoms with Crippen LogP contribution < -0.4 is 0 Å². The van der Waals surface area contributed by atoms with E-state index in [9.17, 15) is 0 Å². The van der Waals surface area contributed by atoms with Gasteiger partial charge in [0.15, 0.2) is 0 Å². The van der Waals surface area contributed by atoms with Crippen LogP contribution in [-0.2, 0) is 13.0 Å². The first-order valence-electron chi connectivity index (χ1n) is 5.15. The molecular formula is C13H13IN2. The topological polar surface area (TPSA) is 17.8 Å². The summed E-state index contributed by atoms with van der Waals surface area (Å²) in [5, 5.41) is 0. The van der Waals surface area contributed by atoms with E-state index >= 15 is 0 Å². The highest BCUT2D eigenvalue weighted by Crippen LogP contribution is 2.13. The summed E-state index contributed by atoms with van der Waals surface area (Å²) in [5.74, 6) is 0. The lowest BCUT2D eigenvalue weighted by molar-refractivity contribution is 0.756. The summed E-state index contributed by atoms with van der Waals surface area (Å²) in [7, 11) is 0. The van der Waals surface area contributed by atoms with E-state index in [0.717, 1.165) is 16.7 Å². The Morgan fingerprint density at radius 1 is 1.31 bits per heavy atom. The molecule has 0 unspecified atom stereocenters. The quantitative estimate of drug-likeness (QED) is 0.623. The van der Waals surface area contributed by atoms with Gasteiger partial charge in [0.2, 0.25) is 0 Å². The van der Waals surface area contributed by atoms with Gasteiger partial charge in [-0.15, -0.1) is 6.58 Å². The van der Waals surface area contributed by atoms with Crippen LogP contribution in [0, 0.1) is 3.70 Å². The maximum Gasteiger partial charge on any atom is 0.122 e. The Labute approximate surface area is 109 Å². The maximum absolute atomic E-state index is 4.33. The van der Waals surface area contributed by atoms with Crippen LogP contribution in [0.15, 0.2) is 49.3 Å². The number of nitrogens with zero attached hydrogens (tertiary/aromatic N) is 2. The number of benzene rings is 1. The molecule has 0 aliphatic rings. The molecule has 3 heteroatoms. The Morgan fingerprint density at radius 2 is 2.06 bits per heavy atom. The van der Waals surface area contributed by atoms with Crippen LogP contribution in [0.5, 0.6) is 0 Å². The lowest BCUT2D eigenvalue weighted by Gasteiger charge is -2.06. The van der Waals surface area contributed by atoms with Gasteiger partial charge < -0.3 is 4.57 Å². The van der Waals surface area contributed by atoms with Gasteiger partial charge in [-0.1, -0.05) is 36.4 Å². The fraction of sp³-hybridized carbons (Fsp3) is 0.154. The molecule has 0 saturated heterocycles. The first-order chi connectivity index (χ1) is 7.81. The molecule has 0 bridgehead atoms. The second-order valence-corrected chi connectivity index (χ2v) is 4.61. The molecule has 0 aliphatic heterocycles. The molecule has 1 aromatic carbocycles. The number of imidazole rings is 1. The SMILES string of the molecule is C=CCc1c(I)ncn1Cc1ccccc1. The largest absolute Gasteiger partial charge is 0.329 e. The van der Waals surface area contributed by atoms with Crippen LogP contribution in [0.4, 0.5) is 0 Å². The molecule has 82 valence electrons. The van der Waals surface area contributed by atoms with Crippen LogP contribution in [0.3, 0.4) is 0 Å². The van der Waals surface area contributed by atoms with Gasteiger partial charge in [0.05, 0.1) is 12.0 Å². The Bertz CT molecular complexity index is 474. The van der Waals surface area contributed by atoms with Crippen molar-refractivity contribution < 1.29 is 0 Å². The standard InChI is InChI=1S/C13H13IN2/c1-2-6-12-13(14)15-10-16(12)9-11-7-4-3-5-8-11/h2-5,7-8,10H,1,6,9H2. The van der Waals surface area contributed by atoms with Gasteiger partial charge in [0, 0.05) is 13.0 Å². The Kier molecular flexibility index (Phi) is 3.77. The molecule has 0 spiro atoms. The third-order valence-electron chi connectivity index (χ3n) is 2.43. The predicted octanol–water partition coefficient (Wildman–Crippen LogP) is 3.26. The van der Waals surface area contributed by atoms with Crippen molar-refractivity contribution in [2.24, 2.45) is 0 Å². The Hall–Kier alpha value is -1.10. The molecule has 0 atom stereocenters. The van der Waals surface area contributed by atoms with Crippen LogP contribution in [0.1, 0.15) is 11.3 Å². The predicted molar refractivity (Wildman–Crippen MR) is 74.4 cm³/mol. The van der Waals surface area contributed by atoms with E-state index < -0.39 is 0 Å². The summed E-state index contributed by atoms with van der Waals surface area (Å²) in [6.07, 6.45) is 4.68. The van der Waals surface area contributed by atoms with Gasteiger partial charge in [-0.3, -0.25) is 0 Å². The lowest BCUT2D eigenvalue weighted by Crippen LogP contribution is -2.03. The van der Waals surface area contributed by atoms with E-state index in [1.165, 1.54) is 11.3 Å². The fourth-order valence-corrected chi connectivity index (χ4v) is 2.29. The second kappa shape index (κ2) is 5.30. The molecular weight excluding hydrogens is 311 g/mol. The van der Waals surface area contributed by atoms with E-state index in [4.69, 9.17) is 0 Å². The molecule has 0 fully saturated rings. The van der Waals surface area contributed by atoms with E-state index in [1.54, 1.807) is 0 Å². The third kappa shape index (κ3) is 2.52. The van der Waals surface area contributed by atoms with E-state index in [1.807, 2.05) is 18.5 Å². The number of hydrogen-bond donors (Lipinski definition) is 0. The van der Waals surface area contributed by atoms with Gasteiger partial charge in [-0.05, 0) is 28.2 Å². The molecule has 0 aliphatic carbocycles. The van der Waals surface area contributed by atoms with Crippen molar-refractivity contribution in [1.29, 1.82) is 0 Å². The molecule has 16 heavy (non-hydrogen) atoms. The third-order valence-corrected chi connectivity index (χ3v) is 3.33. The van der Waals surface area contributed by atoms with Gasteiger partial charge in [0.25, 0.3) is 0 Å². The van der Waals surface area contributed by atoms with Crippen molar-refractivity contribution >= 4 is 22.6 Å². The first-order valence-corrected chi connectivity index (χ1v) is 6.23. The minimum absolute atomic E-state index is 0.866. The molecule has 0 radical (unpaired) electrons. The zero-order chi connectivity index (χ0) is 11.4. The normalized spacial score (nSPS) is 10.3. The average molecular weight is 324 g/mol. The molecule has 0 amide bonds. The highest BCUT2D eigenvalue weighted by atomic mass is 127. The van der Waals surface area contributed by atoms with Crippen molar-refractivity contribution in [3.05, 3.63) is 64.3 Å². The van der Waals surface area contributed by atoms with Crippen molar-refractivity contribution in [3.8, 4) is 0 Å². The molecule has 2 aromatic rings. The van der Waals surface area contributed by atoms with Crippen molar-refractivity contribution in [3.63, 3.8) is 0 Å². The van der Waals surface area contributed by atoms with Crippen molar-refractivity contribution in [2.45, 2.75) is 13.0 Å². The van der Waals surface area contributed by atoms with Crippen LogP contribution in [0.25, 0.3) is 0 Å². The molecule has 1 aromatic heterocycles. The van der Waals surface area contributed by atoms with Crippen LogP contribution in [0.2, 0.25) is 0 Å². The van der Waals surface area contributed by atoms with Gasteiger partial charge in [0.1, 0.15) is 3.70 Å². The Morgan fingerprint density at radius 3 is 2.75 bits per heavy atom. The van der Waals surface area contributed by atoms with Gasteiger partial charge >= 0.3 is 0 Å². The van der Waals surface area contributed by atoms with Crippen molar-refractivity contribution in [2.75, 3.05) is 0 Å². The number of rotatable bonds is 4. The average Bonchev–Trinajstić information content (AvgIpc) is 2.64. The molecule has 2 nitrogen and oxygen atoms in total. The summed E-state index contributed by atoms with van der Waals surface area (Å²) in [5.41, 5.74) is 2.53. The molecule has 1 heterocycles. The summed E-state index contributed by atoms with van der Waals surface area (Å²) >= 11 is 2.27.